The fourth-order valence-corrected chi connectivity index (χ4v) is 2.87. The van der Waals surface area contributed by atoms with Crippen LogP contribution in [0.25, 0.3) is 0 Å². The van der Waals surface area contributed by atoms with Gasteiger partial charge in [-0.2, -0.15) is 0 Å². The lowest BCUT2D eigenvalue weighted by molar-refractivity contribution is 0.644. The molecular weight excluding hydrogens is 260 g/mol. The lowest BCUT2D eigenvalue weighted by atomic mass is 10.4. The Morgan fingerprint density at radius 3 is 2.58 bits per heavy atom. The Balaban J connectivity index is 1.92. The van der Waals surface area contributed by atoms with E-state index in [2.05, 4.69) is 0 Å². The molecule has 2 N–H and O–H groups in total. The molecule has 5 heteroatoms. The molecule has 2 rings (SSSR count). The number of nitrogen functional groups attached to an aromatic ring is 1. The van der Waals surface area contributed by atoms with Crippen molar-refractivity contribution in [3.63, 3.8) is 0 Å². The van der Waals surface area contributed by atoms with Gasteiger partial charge in [0.25, 0.3) is 5.56 Å². The summed E-state index contributed by atoms with van der Waals surface area (Å²) in [6.07, 6.45) is 2.29. The van der Waals surface area contributed by atoms with Gasteiger partial charge in [-0.25, -0.2) is 0 Å². The Morgan fingerprint density at radius 2 is 1.84 bits per heavy atom. The molecule has 0 aliphatic carbocycles. The molecule has 100 valence electrons. The molecule has 2 aromatic rings. The zero-order valence-electron chi connectivity index (χ0n) is 10.5. The van der Waals surface area contributed by atoms with E-state index in [1.807, 2.05) is 30.3 Å². The zero-order chi connectivity index (χ0) is 13.7. The van der Waals surface area contributed by atoms with Crippen LogP contribution in [0.1, 0.15) is 6.42 Å². The van der Waals surface area contributed by atoms with Gasteiger partial charge < -0.3 is 10.3 Å². The summed E-state index contributed by atoms with van der Waals surface area (Å²) in [5.41, 5.74) is 6.11. The van der Waals surface area contributed by atoms with Crippen LogP contribution >= 0.6 is 0 Å². The summed E-state index contributed by atoms with van der Waals surface area (Å²) in [4.78, 5) is 12.4. The third-order valence-electron chi connectivity index (χ3n) is 2.74. The van der Waals surface area contributed by atoms with Crippen molar-refractivity contribution in [3.05, 3.63) is 59.0 Å². The molecule has 0 radical (unpaired) electrons. The van der Waals surface area contributed by atoms with Gasteiger partial charge in [0.1, 0.15) is 0 Å². The summed E-state index contributed by atoms with van der Waals surface area (Å²) < 4.78 is 13.5. The van der Waals surface area contributed by atoms with E-state index in [9.17, 15) is 9.00 Å². The molecule has 4 nitrogen and oxygen atoms in total. The second kappa shape index (κ2) is 6.33. The van der Waals surface area contributed by atoms with Crippen molar-refractivity contribution < 1.29 is 4.21 Å². The number of benzene rings is 1. The summed E-state index contributed by atoms with van der Waals surface area (Å²) in [6, 6.07) is 12.4. The second-order valence-corrected chi connectivity index (χ2v) is 5.78. The highest BCUT2D eigenvalue weighted by atomic mass is 32.2. The van der Waals surface area contributed by atoms with Crippen LogP contribution in [0, 0.1) is 0 Å². The minimum absolute atomic E-state index is 0.0836. The summed E-state index contributed by atoms with van der Waals surface area (Å²) in [6.45, 7) is 0.530. The maximum absolute atomic E-state index is 12.0. The van der Waals surface area contributed by atoms with E-state index in [4.69, 9.17) is 5.73 Å². The number of hydrogen-bond acceptors (Lipinski definition) is 3. The van der Waals surface area contributed by atoms with Crippen LogP contribution in [0.15, 0.2) is 58.4 Å². The van der Waals surface area contributed by atoms with E-state index >= 15 is 0 Å². The van der Waals surface area contributed by atoms with Crippen molar-refractivity contribution >= 4 is 16.5 Å². The van der Waals surface area contributed by atoms with Gasteiger partial charge in [-0.05, 0) is 24.6 Å². The first-order valence-electron chi connectivity index (χ1n) is 6.06. The quantitative estimate of drug-likeness (QED) is 0.902. The third kappa shape index (κ3) is 3.79. The minimum atomic E-state index is -1.02. The molecule has 0 saturated heterocycles. The largest absolute Gasteiger partial charge is 0.398 e. The molecule has 0 fully saturated rings. The van der Waals surface area contributed by atoms with E-state index in [1.165, 1.54) is 6.07 Å². The topological polar surface area (TPSA) is 65.1 Å². The van der Waals surface area contributed by atoms with Gasteiger partial charge in [0.05, 0.1) is 10.8 Å². The van der Waals surface area contributed by atoms with Gasteiger partial charge in [0, 0.05) is 35.1 Å². The molecule has 1 aromatic carbocycles. The van der Waals surface area contributed by atoms with Gasteiger partial charge in [0.15, 0.2) is 0 Å². The summed E-state index contributed by atoms with van der Waals surface area (Å²) >= 11 is 0. The number of rotatable bonds is 5. The van der Waals surface area contributed by atoms with E-state index in [1.54, 1.807) is 16.8 Å². The Bertz CT molecular complexity index is 623. The third-order valence-corrected chi connectivity index (χ3v) is 4.20. The van der Waals surface area contributed by atoms with Gasteiger partial charge in [-0.1, -0.05) is 18.2 Å². The van der Waals surface area contributed by atoms with Crippen molar-refractivity contribution in [2.75, 3.05) is 11.5 Å². The number of aryl methyl sites for hydroxylation is 1. The van der Waals surface area contributed by atoms with Crippen LogP contribution in [-0.2, 0) is 17.3 Å². The van der Waals surface area contributed by atoms with Crippen LogP contribution in [0.3, 0.4) is 0 Å². The van der Waals surface area contributed by atoms with E-state index in [0.717, 1.165) is 4.90 Å². The highest BCUT2D eigenvalue weighted by Crippen LogP contribution is 2.07. The maximum atomic E-state index is 12.0. The summed E-state index contributed by atoms with van der Waals surface area (Å²) in [5.74, 6) is 0.533. The standard InChI is InChI=1S/C14H16N2O2S/c15-12-7-8-14(17)16(11-12)9-4-10-19(18)13-5-2-1-3-6-13/h1-3,5-8,11H,4,9-10,15H2. The normalized spacial score (nSPS) is 12.2. The van der Waals surface area contributed by atoms with Gasteiger partial charge in [0.2, 0.25) is 0 Å². The van der Waals surface area contributed by atoms with Crippen LogP contribution in [0.4, 0.5) is 5.69 Å². The van der Waals surface area contributed by atoms with Gasteiger partial charge in [-0.3, -0.25) is 9.00 Å². The number of aromatic nitrogens is 1. The fraction of sp³-hybridized carbons (Fsp3) is 0.214. The number of nitrogens with zero attached hydrogens (tertiary/aromatic N) is 1. The van der Waals surface area contributed by atoms with Crippen molar-refractivity contribution in [1.29, 1.82) is 0 Å². The first kappa shape index (κ1) is 13.5. The van der Waals surface area contributed by atoms with Crippen molar-refractivity contribution in [1.82, 2.24) is 4.57 Å². The predicted octanol–water partition coefficient (Wildman–Crippen LogP) is 1.63. The van der Waals surface area contributed by atoms with Crippen molar-refractivity contribution in [2.24, 2.45) is 0 Å². The van der Waals surface area contributed by atoms with E-state index in [0.29, 0.717) is 24.4 Å². The summed E-state index contributed by atoms with van der Waals surface area (Å²) in [5, 5.41) is 0. The molecule has 1 aromatic heterocycles. The predicted molar refractivity (Wildman–Crippen MR) is 77.4 cm³/mol. The first-order chi connectivity index (χ1) is 9.16. The number of hydrogen-bond donors (Lipinski definition) is 1. The molecule has 0 bridgehead atoms. The highest BCUT2D eigenvalue weighted by molar-refractivity contribution is 7.85. The Hall–Kier alpha value is -1.88. The lowest BCUT2D eigenvalue weighted by Crippen LogP contribution is -2.19. The van der Waals surface area contributed by atoms with Gasteiger partial charge in [-0.15, -0.1) is 0 Å². The lowest BCUT2D eigenvalue weighted by Gasteiger charge is -2.06. The molecule has 1 heterocycles. The molecule has 0 spiro atoms. The molecule has 1 atom stereocenters. The SMILES string of the molecule is Nc1ccc(=O)n(CCCS(=O)c2ccccc2)c1. The summed E-state index contributed by atoms with van der Waals surface area (Å²) in [7, 11) is -1.02. The average molecular weight is 276 g/mol. The molecule has 0 amide bonds. The molecule has 19 heavy (non-hydrogen) atoms. The van der Waals surface area contributed by atoms with Gasteiger partial charge >= 0.3 is 0 Å². The smallest absolute Gasteiger partial charge is 0.250 e. The first-order valence-corrected chi connectivity index (χ1v) is 7.38. The minimum Gasteiger partial charge on any atom is -0.398 e. The fourth-order valence-electron chi connectivity index (χ4n) is 1.78. The van der Waals surface area contributed by atoms with Crippen molar-refractivity contribution in [2.45, 2.75) is 17.9 Å². The van der Waals surface area contributed by atoms with Crippen molar-refractivity contribution in [3.8, 4) is 0 Å². The monoisotopic (exact) mass is 276 g/mol. The zero-order valence-corrected chi connectivity index (χ0v) is 11.3. The maximum Gasteiger partial charge on any atom is 0.250 e. The average Bonchev–Trinajstić information content (AvgIpc) is 2.43. The Labute approximate surface area is 114 Å². The van der Waals surface area contributed by atoms with Crippen LogP contribution in [0.2, 0.25) is 0 Å². The molecule has 1 unspecified atom stereocenters. The van der Waals surface area contributed by atoms with E-state index in [-0.39, 0.29) is 5.56 Å². The molecule has 0 aliphatic heterocycles. The highest BCUT2D eigenvalue weighted by Gasteiger charge is 2.03. The Kier molecular flexibility index (Phi) is 4.52. The molecule has 0 saturated carbocycles. The van der Waals surface area contributed by atoms with Crippen LogP contribution in [0.5, 0.6) is 0 Å². The Morgan fingerprint density at radius 1 is 1.11 bits per heavy atom. The number of nitrogens with two attached hydrogens (primary N) is 1. The molecular formula is C14H16N2O2S. The van der Waals surface area contributed by atoms with Crippen LogP contribution < -0.4 is 11.3 Å². The molecule has 0 aliphatic rings. The van der Waals surface area contributed by atoms with Crippen LogP contribution in [-0.4, -0.2) is 14.5 Å². The van der Waals surface area contributed by atoms with E-state index < -0.39 is 10.8 Å². The number of anilines is 1. The number of pyridine rings is 1. The second-order valence-electron chi connectivity index (χ2n) is 4.21.